The minimum Gasteiger partial charge on any atom is -0.480 e. The highest BCUT2D eigenvalue weighted by atomic mass is 35.5. The number of carboxylic acid groups (broad SMARTS) is 1. The summed E-state index contributed by atoms with van der Waals surface area (Å²) in [6, 6.07) is 4.03. The average molecular weight is 305 g/mol. The van der Waals surface area contributed by atoms with Crippen LogP contribution in [-0.4, -0.2) is 34.6 Å². The van der Waals surface area contributed by atoms with E-state index in [1.165, 1.54) is 4.90 Å². The molecule has 0 bridgehead atoms. The van der Waals surface area contributed by atoms with Gasteiger partial charge in [0.25, 0.3) is 0 Å². The van der Waals surface area contributed by atoms with Crippen molar-refractivity contribution < 1.29 is 14.7 Å². The van der Waals surface area contributed by atoms with Crippen LogP contribution in [0.5, 0.6) is 0 Å². The zero-order chi connectivity index (χ0) is 14.6. The molecular formula is C12H14Cl2N2O3. The van der Waals surface area contributed by atoms with Gasteiger partial charge in [0.2, 0.25) is 0 Å². The number of amides is 2. The Balaban J connectivity index is 2.87. The summed E-state index contributed by atoms with van der Waals surface area (Å²) in [4.78, 5) is 23.9. The second-order valence-electron chi connectivity index (χ2n) is 4.15. The number of benzene rings is 1. The van der Waals surface area contributed by atoms with Crippen molar-refractivity contribution in [3.05, 3.63) is 28.2 Å². The SMILES string of the molecule is CC(C)N(CC(=O)O)C(=O)Nc1cccc(Cl)c1Cl. The Labute approximate surface area is 121 Å². The van der Waals surface area contributed by atoms with Gasteiger partial charge in [0, 0.05) is 6.04 Å². The number of hydrogen-bond acceptors (Lipinski definition) is 2. The Morgan fingerprint density at radius 2 is 2.00 bits per heavy atom. The summed E-state index contributed by atoms with van der Waals surface area (Å²) < 4.78 is 0. The van der Waals surface area contributed by atoms with Crippen molar-refractivity contribution in [3.8, 4) is 0 Å². The second kappa shape index (κ2) is 6.63. The van der Waals surface area contributed by atoms with Gasteiger partial charge < -0.3 is 15.3 Å². The van der Waals surface area contributed by atoms with E-state index < -0.39 is 12.0 Å². The molecule has 5 nitrogen and oxygen atoms in total. The van der Waals surface area contributed by atoms with Crippen LogP contribution >= 0.6 is 23.2 Å². The summed E-state index contributed by atoms with van der Waals surface area (Å²) in [5, 5.41) is 11.9. The zero-order valence-electron chi connectivity index (χ0n) is 10.5. The monoisotopic (exact) mass is 304 g/mol. The number of nitrogens with zero attached hydrogens (tertiary/aromatic N) is 1. The first kappa shape index (κ1) is 15.6. The van der Waals surface area contributed by atoms with Gasteiger partial charge in [-0.25, -0.2) is 4.79 Å². The lowest BCUT2D eigenvalue weighted by Crippen LogP contribution is -2.43. The van der Waals surface area contributed by atoms with Crippen LogP contribution in [0.2, 0.25) is 10.0 Å². The number of rotatable bonds is 4. The topological polar surface area (TPSA) is 69.6 Å². The first-order chi connectivity index (χ1) is 8.82. The molecule has 0 saturated heterocycles. The lowest BCUT2D eigenvalue weighted by Gasteiger charge is -2.25. The lowest BCUT2D eigenvalue weighted by molar-refractivity contribution is -0.137. The van der Waals surface area contributed by atoms with Gasteiger partial charge in [-0.2, -0.15) is 0 Å². The molecule has 104 valence electrons. The molecule has 1 aromatic rings. The van der Waals surface area contributed by atoms with Crippen LogP contribution in [0.15, 0.2) is 18.2 Å². The van der Waals surface area contributed by atoms with Crippen molar-refractivity contribution in [1.29, 1.82) is 0 Å². The summed E-state index contributed by atoms with van der Waals surface area (Å²) >= 11 is 11.8. The third-order valence-electron chi connectivity index (χ3n) is 2.38. The van der Waals surface area contributed by atoms with E-state index in [0.717, 1.165) is 0 Å². The molecule has 0 atom stereocenters. The highest BCUT2D eigenvalue weighted by molar-refractivity contribution is 6.43. The maximum absolute atomic E-state index is 12.0. The molecule has 2 amide bonds. The Morgan fingerprint density at radius 1 is 1.37 bits per heavy atom. The largest absolute Gasteiger partial charge is 0.480 e. The summed E-state index contributed by atoms with van der Waals surface area (Å²) in [6.07, 6.45) is 0. The first-order valence-corrected chi connectivity index (χ1v) is 6.32. The van der Waals surface area contributed by atoms with Crippen molar-refractivity contribution in [2.75, 3.05) is 11.9 Å². The van der Waals surface area contributed by atoms with E-state index in [1.54, 1.807) is 32.0 Å². The number of nitrogens with one attached hydrogen (secondary N) is 1. The van der Waals surface area contributed by atoms with Crippen LogP contribution in [-0.2, 0) is 4.79 Å². The maximum Gasteiger partial charge on any atom is 0.323 e. The van der Waals surface area contributed by atoms with E-state index in [1.807, 2.05) is 0 Å². The number of carboxylic acids is 1. The molecule has 0 radical (unpaired) electrons. The quantitative estimate of drug-likeness (QED) is 0.896. The molecule has 19 heavy (non-hydrogen) atoms. The number of urea groups is 1. The van der Waals surface area contributed by atoms with Crippen molar-refractivity contribution in [2.45, 2.75) is 19.9 Å². The third kappa shape index (κ3) is 4.29. The summed E-state index contributed by atoms with van der Waals surface area (Å²) in [6.45, 7) is 3.06. The highest BCUT2D eigenvalue weighted by Gasteiger charge is 2.20. The average Bonchev–Trinajstić information content (AvgIpc) is 2.31. The van der Waals surface area contributed by atoms with Crippen LogP contribution in [0.3, 0.4) is 0 Å². The third-order valence-corrected chi connectivity index (χ3v) is 3.20. The molecule has 0 saturated carbocycles. The standard InChI is InChI=1S/C12H14Cl2N2O3/c1-7(2)16(6-10(17)18)12(19)15-9-5-3-4-8(13)11(9)14/h3-5,7H,6H2,1-2H3,(H,15,19)(H,17,18). The van der Waals surface area contributed by atoms with Crippen molar-refractivity contribution in [3.63, 3.8) is 0 Å². The van der Waals surface area contributed by atoms with E-state index in [-0.39, 0.29) is 17.6 Å². The minimum absolute atomic E-state index is 0.219. The minimum atomic E-state index is -1.08. The summed E-state index contributed by atoms with van der Waals surface area (Å²) in [5.74, 6) is -1.08. The molecule has 0 spiro atoms. The molecule has 7 heteroatoms. The Kier molecular flexibility index (Phi) is 5.44. The smallest absolute Gasteiger partial charge is 0.323 e. The number of carbonyl (C=O) groups is 2. The van der Waals surface area contributed by atoms with E-state index in [0.29, 0.717) is 10.7 Å². The van der Waals surface area contributed by atoms with E-state index >= 15 is 0 Å². The van der Waals surface area contributed by atoms with Gasteiger partial charge in [-0.3, -0.25) is 4.79 Å². The first-order valence-electron chi connectivity index (χ1n) is 5.56. The van der Waals surface area contributed by atoms with Gasteiger partial charge in [0.1, 0.15) is 6.54 Å². The van der Waals surface area contributed by atoms with E-state index in [4.69, 9.17) is 28.3 Å². The molecule has 0 aromatic heterocycles. The van der Waals surface area contributed by atoms with Crippen LogP contribution in [0.25, 0.3) is 0 Å². The molecule has 0 aliphatic rings. The van der Waals surface area contributed by atoms with Crippen LogP contribution in [0.4, 0.5) is 10.5 Å². The Hall–Kier alpha value is -1.46. The van der Waals surface area contributed by atoms with Gasteiger partial charge in [-0.1, -0.05) is 29.3 Å². The van der Waals surface area contributed by atoms with E-state index in [2.05, 4.69) is 5.32 Å². The van der Waals surface area contributed by atoms with Gasteiger partial charge in [-0.15, -0.1) is 0 Å². The van der Waals surface area contributed by atoms with Crippen LogP contribution in [0, 0.1) is 0 Å². The fourth-order valence-corrected chi connectivity index (χ4v) is 1.77. The predicted octanol–water partition coefficient (Wildman–Crippen LogP) is 3.32. The fraction of sp³-hybridized carbons (Fsp3) is 0.333. The van der Waals surface area contributed by atoms with Crippen molar-refractivity contribution in [2.24, 2.45) is 0 Å². The second-order valence-corrected chi connectivity index (χ2v) is 4.93. The molecule has 1 rings (SSSR count). The van der Waals surface area contributed by atoms with Gasteiger partial charge in [0.15, 0.2) is 0 Å². The number of aliphatic carboxylic acids is 1. The molecule has 1 aromatic carbocycles. The normalized spacial score (nSPS) is 10.4. The number of hydrogen-bond donors (Lipinski definition) is 2. The van der Waals surface area contributed by atoms with Gasteiger partial charge in [0.05, 0.1) is 15.7 Å². The van der Waals surface area contributed by atoms with Gasteiger partial charge >= 0.3 is 12.0 Å². The summed E-state index contributed by atoms with van der Waals surface area (Å²) in [5.41, 5.74) is 0.343. The number of halogens is 2. The van der Waals surface area contributed by atoms with Crippen LogP contribution in [0.1, 0.15) is 13.8 Å². The maximum atomic E-state index is 12.0. The fourth-order valence-electron chi connectivity index (χ4n) is 1.42. The lowest BCUT2D eigenvalue weighted by atomic mass is 10.3. The molecule has 0 unspecified atom stereocenters. The molecule has 0 aliphatic carbocycles. The van der Waals surface area contributed by atoms with Crippen LogP contribution < -0.4 is 5.32 Å². The predicted molar refractivity (Wildman–Crippen MR) is 75.0 cm³/mol. The van der Waals surface area contributed by atoms with Gasteiger partial charge in [-0.05, 0) is 26.0 Å². The molecule has 0 fully saturated rings. The Bertz CT molecular complexity index is 492. The molecular weight excluding hydrogens is 291 g/mol. The Morgan fingerprint density at radius 3 is 2.53 bits per heavy atom. The summed E-state index contributed by atoms with van der Waals surface area (Å²) in [7, 11) is 0. The molecule has 2 N–H and O–H groups in total. The highest BCUT2D eigenvalue weighted by Crippen LogP contribution is 2.29. The number of anilines is 1. The van der Waals surface area contributed by atoms with E-state index in [9.17, 15) is 9.59 Å². The molecule has 0 aliphatic heterocycles. The van der Waals surface area contributed by atoms with Crippen molar-refractivity contribution >= 4 is 40.9 Å². The number of carbonyl (C=O) groups excluding carboxylic acids is 1. The van der Waals surface area contributed by atoms with Crippen molar-refractivity contribution in [1.82, 2.24) is 4.90 Å². The molecule has 0 heterocycles. The zero-order valence-corrected chi connectivity index (χ0v) is 12.0.